The van der Waals surface area contributed by atoms with Gasteiger partial charge in [0, 0.05) is 30.8 Å². The van der Waals surface area contributed by atoms with Gasteiger partial charge in [0.1, 0.15) is 5.82 Å². The fourth-order valence-corrected chi connectivity index (χ4v) is 3.30. The van der Waals surface area contributed by atoms with Crippen molar-refractivity contribution in [3.63, 3.8) is 0 Å². The highest BCUT2D eigenvalue weighted by Crippen LogP contribution is 2.30. The first-order valence-corrected chi connectivity index (χ1v) is 8.12. The van der Waals surface area contributed by atoms with Crippen molar-refractivity contribution in [2.24, 2.45) is 0 Å². The van der Waals surface area contributed by atoms with E-state index in [1.54, 1.807) is 21.7 Å². The third-order valence-corrected chi connectivity index (χ3v) is 4.43. The van der Waals surface area contributed by atoms with Gasteiger partial charge in [-0.2, -0.15) is 9.61 Å². The maximum atomic E-state index is 12.4. The molecule has 0 bridgehead atoms. The summed E-state index contributed by atoms with van der Waals surface area (Å²) in [6.45, 7) is 2.50. The van der Waals surface area contributed by atoms with E-state index in [1.807, 2.05) is 37.3 Å². The second-order valence-electron chi connectivity index (χ2n) is 5.89. The minimum absolute atomic E-state index is 0.0111. The molecule has 2 aromatic heterocycles. The van der Waals surface area contributed by atoms with Crippen molar-refractivity contribution in [2.45, 2.75) is 19.4 Å². The van der Waals surface area contributed by atoms with Crippen LogP contribution < -0.4 is 10.2 Å². The zero-order chi connectivity index (χ0) is 16.7. The number of halogens is 1. The molecular weight excluding hydrogens is 326 g/mol. The van der Waals surface area contributed by atoms with Crippen LogP contribution in [0.15, 0.2) is 42.6 Å². The number of rotatable bonds is 3. The Balaban J connectivity index is 1.59. The van der Waals surface area contributed by atoms with E-state index in [4.69, 9.17) is 11.6 Å². The number of carbonyl (C=O) groups is 1. The van der Waals surface area contributed by atoms with Crippen molar-refractivity contribution in [3.05, 3.63) is 53.3 Å². The second-order valence-corrected chi connectivity index (χ2v) is 6.29. The first kappa shape index (κ1) is 15.0. The molecule has 3 heterocycles. The molecule has 1 amide bonds. The number of anilines is 2. The summed E-state index contributed by atoms with van der Waals surface area (Å²) in [7, 11) is 0. The number of carbonyl (C=O) groups excluding carboxylic acids is 1. The number of hydrogen-bond acceptors (Lipinski definition) is 4. The molecule has 1 saturated heterocycles. The van der Waals surface area contributed by atoms with Crippen LogP contribution >= 0.6 is 11.6 Å². The van der Waals surface area contributed by atoms with E-state index in [9.17, 15) is 4.79 Å². The summed E-state index contributed by atoms with van der Waals surface area (Å²) in [6, 6.07) is 11.2. The zero-order valence-corrected chi connectivity index (χ0v) is 13.9. The standard InChI is InChI=1S/C17H16ClN5O/c1-11-8-16(23-15(20-11)6-7-19-23)21-12-9-17(24)22(10-12)14-5-3-2-4-13(14)18/h2-8,12,21H,9-10H2,1H3/t12-/m0/s1. The number of nitrogens with zero attached hydrogens (tertiary/aromatic N) is 4. The van der Waals surface area contributed by atoms with Gasteiger partial charge in [0.2, 0.25) is 5.91 Å². The predicted octanol–water partition coefficient (Wildman–Crippen LogP) is 2.91. The van der Waals surface area contributed by atoms with Gasteiger partial charge in [-0.25, -0.2) is 4.98 Å². The van der Waals surface area contributed by atoms with Gasteiger partial charge in [0.15, 0.2) is 5.65 Å². The number of aryl methyl sites for hydroxylation is 1. The summed E-state index contributed by atoms with van der Waals surface area (Å²) < 4.78 is 1.75. The van der Waals surface area contributed by atoms with E-state index < -0.39 is 0 Å². The number of benzene rings is 1. The van der Waals surface area contributed by atoms with Crippen molar-refractivity contribution in [1.29, 1.82) is 0 Å². The number of hydrogen-bond donors (Lipinski definition) is 1. The fourth-order valence-electron chi connectivity index (χ4n) is 3.06. The molecule has 0 spiro atoms. The van der Waals surface area contributed by atoms with E-state index in [1.165, 1.54) is 0 Å². The van der Waals surface area contributed by atoms with Crippen molar-refractivity contribution in [2.75, 3.05) is 16.8 Å². The fraction of sp³-hybridized carbons (Fsp3) is 0.235. The molecule has 0 radical (unpaired) electrons. The molecule has 1 aliphatic rings. The third-order valence-electron chi connectivity index (χ3n) is 4.11. The van der Waals surface area contributed by atoms with Crippen molar-refractivity contribution >= 4 is 34.7 Å². The highest BCUT2D eigenvalue weighted by Gasteiger charge is 2.32. The summed E-state index contributed by atoms with van der Waals surface area (Å²) in [6.07, 6.45) is 2.12. The van der Waals surface area contributed by atoms with Crippen LogP contribution in [-0.4, -0.2) is 33.1 Å². The normalized spacial score (nSPS) is 17.7. The Morgan fingerprint density at radius 1 is 1.29 bits per heavy atom. The lowest BCUT2D eigenvalue weighted by Crippen LogP contribution is -2.28. The lowest BCUT2D eigenvalue weighted by molar-refractivity contribution is -0.117. The number of nitrogens with one attached hydrogen (secondary N) is 1. The van der Waals surface area contributed by atoms with E-state index in [2.05, 4.69) is 15.4 Å². The molecule has 1 atom stereocenters. The topological polar surface area (TPSA) is 62.5 Å². The highest BCUT2D eigenvalue weighted by molar-refractivity contribution is 6.33. The number of aromatic nitrogens is 3. The molecule has 122 valence electrons. The molecule has 4 rings (SSSR count). The highest BCUT2D eigenvalue weighted by atomic mass is 35.5. The van der Waals surface area contributed by atoms with Crippen molar-refractivity contribution < 1.29 is 4.79 Å². The summed E-state index contributed by atoms with van der Waals surface area (Å²) >= 11 is 6.23. The maximum absolute atomic E-state index is 12.4. The van der Waals surface area contributed by atoms with E-state index in [0.717, 1.165) is 22.8 Å². The molecule has 3 aromatic rings. The second kappa shape index (κ2) is 5.79. The van der Waals surface area contributed by atoms with Crippen LogP contribution in [0.5, 0.6) is 0 Å². The molecule has 0 aliphatic carbocycles. The van der Waals surface area contributed by atoms with Gasteiger partial charge in [0.25, 0.3) is 0 Å². The van der Waals surface area contributed by atoms with Gasteiger partial charge in [0.05, 0.1) is 22.9 Å². The van der Waals surface area contributed by atoms with Crippen LogP contribution in [0.3, 0.4) is 0 Å². The van der Waals surface area contributed by atoms with Gasteiger partial charge in [-0.3, -0.25) is 4.79 Å². The Kier molecular flexibility index (Phi) is 3.61. The number of fused-ring (bicyclic) bond motifs is 1. The van der Waals surface area contributed by atoms with Crippen LogP contribution in [0.4, 0.5) is 11.5 Å². The molecule has 7 heteroatoms. The van der Waals surface area contributed by atoms with Crippen LogP contribution in [0.25, 0.3) is 5.65 Å². The smallest absolute Gasteiger partial charge is 0.229 e. The Bertz CT molecular complexity index is 922. The van der Waals surface area contributed by atoms with Gasteiger partial charge >= 0.3 is 0 Å². The van der Waals surface area contributed by atoms with Gasteiger partial charge < -0.3 is 10.2 Å². The maximum Gasteiger partial charge on any atom is 0.229 e. The summed E-state index contributed by atoms with van der Waals surface area (Å²) in [5.41, 5.74) is 2.44. The van der Waals surface area contributed by atoms with E-state index in [0.29, 0.717) is 18.0 Å². The van der Waals surface area contributed by atoms with Crippen molar-refractivity contribution in [3.8, 4) is 0 Å². The molecule has 1 aliphatic heterocycles. The molecule has 6 nitrogen and oxygen atoms in total. The Morgan fingerprint density at radius 2 is 2.12 bits per heavy atom. The third kappa shape index (κ3) is 2.59. The van der Waals surface area contributed by atoms with Gasteiger partial charge in [-0.05, 0) is 19.1 Å². The largest absolute Gasteiger partial charge is 0.365 e. The molecule has 0 saturated carbocycles. The molecule has 24 heavy (non-hydrogen) atoms. The van der Waals surface area contributed by atoms with Gasteiger partial charge in [-0.1, -0.05) is 23.7 Å². The average molecular weight is 342 g/mol. The predicted molar refractivity (Wildman–Crippen MR) is 93.6 cm³/mol. The van der Waals surface area contributed by atoms with Crippen LogP contribution in [-0.2, 0) is 4.79 Å². The SMILES string of the molecule is Cc1cc(N[C@H]2CC(=O)N(c3ccccc3Cl)C2)n2nccc2n1. The zero-order valence-electron chi connectivity index (χ0n) is 13.1. The molecular formula is C17H16ClN5O. The van der Waals surface area contributed by atoms with Crippen LogP contribution in [0.1, 0.15) is 12.1 Å². The minimum Gasteiger partial charge on any atom is -0.365 e. The van der Waals surface area contributed by atoms with Crippen LogP contribution in [0.2, 0.25) is 5.02 Å². The Morgan fingerprint density at radius 3 is 2.96 bits per heavy atom. The number of para-hydroxylation sites is 1. The van der Waals surface area contributed by atoms with E-state index >= 15 is 0 Å². The first-order chi connectivity index (χ1) is 11.6. The number of amides is 1. The van der Waals surface area contributed by atoms with Crippen LogP contribution in [0, 0.1) is 6.92 Å². The Hall–Kier alpha value is -2.60. The minimum atomic E-state index is -0.0111. The molecule has 1 N–H and O–H groups in total. The summed E-state index contributed by atoms with van der Waals surface area (Å²) in [4.78, 5) is 18.6. The lowest BCUT2D eigenvalue weighted by Gasteiger charge is -2.19. The van der Waals surface area contributed by atoms with Gasteiger partial charge in [-0.15, -0.1) is 0 Å². The average Bonchev–Trinajstić information content (AvgIpc) is 3.14. The molecule has 1 aromatic carbocycles. The molecule has 1 fully saturated rings. The summed E-state index contributed by atoms with van der Waals surface area (Å²) in [5.74, 6) is 0.893. The van der Waals surface area contributed by atoms with Crippen molar-refractivity contribution in [1.82, 2.24) is 14.6 Å². The summed E-state index contributed by atoms with van der Waals surface area (Å²) in [5, 5.41) is 8.28. The van der Waals surface area contributed by atoms with E-state index in [-0.39, 0.29) is 11.9 Å². The molecule has 0 unspecified atom stereocenters. The Labute approximate surface area is 144 Å². The first-order valence-electron chi connectivity index (χ1n) is 7.74. The quantitative estimate of drug-likeness (QED) is 0.795. The lowest BCUT2D eigenvalue weighted by atomic mass is 10.2. The monoisotopic (exact) mass is 341 g/mol.